The number of benzene rings is 1. The molecular weight excluding hydrogens is 342 g/mol. The topological polar surface area (TPSA) is 107 Å². The molecule has 25 heavy (non-hydrogen) atoms. The van der Waals surface area contributed by atoms with E-state index in [1.165, 1.54) is 4.80 Å². The van der Waals surface area contributed by atoms with E-state index in [0.717, 1.165) is 5.56 Å². The van der Waals surface area contributed by atoms with E-state index in [2.05, 4.69) is 20.7 Å². The Labute approximate surface area is 146 Å². The average molecular weight is 363 g/mol. The van der Waals surface area contributed by atoms with Crippen molar-refractivity contribution in [1.82, 2.24) is 25.5 Å². The smallest absolute Gasteiger partial charge is 0.247 e. The molecule has 0 radical (unpaired) electrons. The molecule has 9 heteroatoms. The van der Waals surface area contributed by atoms with Gasteiger partial charge in [0, 0.05) is 11.6 Å². The Hall–Kier alpha value is -2.29. The van der Waals surface area contributed by atoms with Crippen molar-refractivity contribution in [3.63, 3.8) is 0 Å². The number of aromatic nitrogens is 4. The summed E-state index contributed by atoms with van der Waals surface area (Å²) in [6.45, 7) is 3.78. The number of nitrogens with zero attached hydrogens (tertiary/aromatic N) is 4. The first-order chi connectivity index (χ1) is 11.9. The minimum Gasteiger partial charge on any atom is -0.350 e. The highest BCUT2D eigenvalue weighted by atomic mass is 32.2. The zero-order valence-electron chi connectivity index (χ0n) is 14.2. The number of rotatable bonds is 5. The SMILES string of the molecule is CC(C)C(C(=O)NC1CCS(=O)(=O)C1)n1nnc(-c2ccccc2)n1. The van der Waals surface area contributed by atoms with Gasteiger partial charge in [-0.05, 0) is 17.6 Å². The normalized spacial score (nSPS) is 20.5. The zero-order valence-corrected chi connectivity index (χ0v) is 15.0. The summed E-state index contributed by atoms with van der Waals surface area (Å²) in [5.74, 6) is 0.195. The Balaban J connectivity index is 1.77. The van der Waals surface area contributed by atoms with Gasteiger partial charge in [0.25, 0.3) is 0 Å². The summed E-state index contributed by atoms with van der Waals surface area (Å²) < 4.78 is 23.1. The molecule has 0 saturated carbocycles. The molecule has 0 aliphatic carbocycles. The molecule has 8 nitrogen and oxygen atoms in total. The predicted molar refractivity (Wildman–Crippen MR) is 92.3 cm³/mol. The summed E-state index contributed by atoms with van der Waals surface area (Å²) in [7, 11) is -3.05. The van der Waals surface area contributed by atoms with Crippen molar-refractivity contribution in [2.75, 3.05) is 11.5 Å². The van der Waals surface area contributed by atoms with Crippen LogP contribution in [0.4, 0.5) is 0 Å². The standard InChI is InChI=1S/C16H21N5O3S/c1-11(2)14(16(22)17-13-8-9-25(23,24)10-13)21-19-15(18-20-21)12-6-4-3-5-7-12/h3-7,11,13-14H,8-10H2,1-2H3,(H,17,22). The number of sulfone groups is 1. The number of carbonyl (C=O) groups excluding carboxylic acids is 1. The van der Waals surface area contributed by atoms with Crippen LogP contribution in [0.1, 0.15) is 26.3 Å². The number of tetrazole rings is 1. The number of hydrogen-bond acceptors (Lipinski definition) is 6. The second-order valence-electron chi connectivity index (χ2n) is 6.60. The summed E-state index contributed by atoms with van der Waals surface area (Å²) in [5.41, 5.74) is 0.818. The van der Waals surface area contributed by atoms with Gasteiger partial charge >= 0.3 is 0 Å². The van der Waals surface area contributed by atoms with Crippen LogP contribution in [0.5, 0.6) is 0 Å². The monoisotopic (exact) mass is 363 g/mol. The zero-order chi connectivity index (χ0) is 18.0. The van der Waals surface area contributed by atoms with Gasteiger partial charge in [0.15, 0.2) is 15.9 Å². The molecule has 2 atom stereocenters. The van der Waals surface area contributed by atoms with E-state index in [9.17, 15) is 13.2 Å². The van der Waals surface area contributed by atoms with Crippen LogP contribution in [-0.4, -0.2) is 52.1 Å². The van der Waals surface area contributed by atoms with Crippen LogP contribution < -0.4 is 5.32 Å². The van der Waals surface area contributed by atoms with Gasteiger partial charge in [-0.15, -0.1) is 10.2 Å². The Morgan fingerprint density at radius 3 is 2.60 bits per heavy atom. The Morgan fingerprint density at radius 1 is 1.28 bits per heavy atom. The van der Waals surface area contributed by atoms with E-state index in [-0.39, 0.29) is 29.4 Å². The highest BCUT2D eigenvalue weighted by Crippen LogP contribution is 2.20. The maximum Gasteiger partial charge on any atom is 0.247 e. The molecule has 1 aromatic carbocycles. The van der Waals surface area contributed by atoms with Crippen molar-refractivity contribution in [2.45, 2.75) is 32.4 Å². The molecule has 1 aliphatic heterocycles. The predicted octanol–water partition coefficient (Wildman–Crippen LogP) is 0.840. The molecule has 2 unspecified atom stereocenters. The number of carbonyl (C=O) groups is 1. The van der Waals surface area contributed by atoms with Crippen LogP contribution in [0.25, 0.3) is 11.4 Å². The minimum atomic E-state index is -3.05. The Bertz CT molecular complexity index is 848. The van der Waals surface area contributed by atoms with Crippen molar-refractivity contribution >= 4 is 15.7 Å². The summed E-state index contributed by atoms with van der Waals surface area (Å²) in [6, 6.07) is 8.40. The summed E-state index contributed by atoms with van der Waals surface area (Å²) >= 11 is 0. The van der Waals surface area contributed by atoms with Gasteiger partial charge in [0.2, 0.25) is 11.7 Å². The molecule has 1 saturated heterocycles. The molecule has 2 aromatic rings. The van der Waals surface area contributed by atoms with Crippen LogP contribution in [0, 0.1) is 5.92 Å². The van der Waals surface area contributed by atoms with Gasteiger partial charge in [0.1, 0.15) is 0 Å². The first kappa shape index (κ1) is 17.5. The molecule has 0 bridgehead atoms. The first-order valence-electron chi connectivity index (χ1n) is 8.21. The van der Waals surface area contributed by atoms with Crippen LogP contribution in [0.3, 0.4) is 0 Å². The second-order valence-corrected chi connectivity index (χ2v) is 8.83. The lowest BCUT2D eigenvalue weighted by Gasteiger charge is -2.21. The van der Waals surface area contributed by atoms with Crippen molar-refractivity contribution in [2.24, 2.45) is 5.92 Å². The number of hydrogen-bond donors (Lipinski definition) is 1. The number of amides is 1. The van der Waals surface area contributed by atoms with Crippen LogP contribution >= 0.6 is 0 Å². The largest absolute Gasteiger partial charge is 0.350 e. The molecule has 1 aromatic heterocycles. The lowest BCUT2D eigenvalue weighted by Crippen LogP contribution is -2.42. The maximum absolute atomic E-state index is 12.7. The maximum atomic E-state index is 12.7. The van der Waals surface area contributed by atoms with Crippen molar-refractivity contribution in [1.29, 1.82) is 0 Å². The molecule has 1 aliphatic rings. The van der Waals surface area contributed by atoms with E-state index in [4.69, 9.17) is 0 Å². The van der Waals surface area contributed by atoms with Gasteiger partial charge in [-0.1, -0.05) is 44.2 Å². The lowest BCUT2D eigenvalue weighted by molar-refractivity contribution is -0.126. The first-order valence-corrected chi connectivity index (χ1v) is 10.0. The second kappa shape index (κ2) is 6.91. The van der Waals surface area contributed by atoms with Crippen LogP contribution in [-0.2, 0) is 14.6 Å². The quantitative estimate of drug-likeness (QED) is 0.844. The van der Waals surface area contributed by atoms with Gasteiger partial charge in [-0.3, -0.25) is 4.79 Å². The molecule has 1 N–H and O–H groups in total. The molecule has 0 spiro atoms. The summed E-state index contributed by atoms with van der Waals surface area (Å²) in [4.78, 5) is 14.0. The third-order valence-corrected chi connectivity index (χ3v) is 5.96. The van der Waals surface area contributed by atoms with E-state index in [0.29, 0.717) is 12.2 Å². The molecule has 2 heterocycles. The van der Waals surface area contributed by atoms with E-state index in [1.807, 2.05) is 44.2 Å². The fourth-order valence-corrected chi connectivity index (χ4v) is 4.59. The molecule has 3 rings (SSSR count). The average Bonchev–Trinajstić information content (AvgIpc) is 3.15. The van der Waals surface area contributed by atoms with Crippen molar-refractivity contribution in [3.05, 3.63) is 30.3 Å². The van der Waals surface area contributed by atoms with Gasteiger partial charge < -0.3 is 5.32 Å². The third kappa shape index (κ3) is 4.04. The van der Waals surface area contributed by atoms with Crippen molar-refractivity contribution < 1.29 is 13.2 Å². The van der Waals surface area contributed by atoms with E-state index in [1.54, 1.807) is 0 Å². The van der Waals surface area contributed by atoms with Gasteiger partial charge in [0.05, 0.1) is 11.5 Å². The molecular formula is C16H21N5O3S. The van der Waals surface area contributed by atoms with Gasteiger partial charge in [-0.25, -0.2) is 8.42 Å². The fourth-order valence-electron chi connectivity index (χ4n) is 2.92. The Kier molecular flexibility index (Phi) is 4.85. The Morgan fingerprint density at radius 2 is 2.00 bits per heavy atom. The van der Waals surface area contributed by atoms with Crippen LogP contribution in [0.15, 0.2) is 30.3 Å². The highest BCUT2D eigenvalue weighted by Gasteiger charge is 2.33. The van der Waals surface area contributed by atoms with Gasteiger partial charge in [-0.2, -0.15) is 4.80 Å². The summed E-state index contributed by atoms with van der Waals surface area (Å²) in [6.07, 6.45) is 0.443. The molecule has 134 valence electrons. The lowest BCUT2D eigenvalue weighted by atomic mass is 10.0. The highest BCUT2D eigenvalue weighted by molar-refractivity contribution is 7.91. The summed E-state index contributed by atoms with van der Waals surface area (Å²) in [5, 5.41) is 15.2. The van der Waals surface area contributed by atoms with Crippen LogP contribution in [0.2, 0.25) is 0 Å². The number of nitrogens with one attached hydrogen (secondary N) is 1. The minimum absolute atomic E-state index is 0.0103. The molecule has 1 amide bonds. The molecule has 1 fully saturated rings. The van der Waals surface area contributed by atoms with E-state index >= 15 is 0 Å². The van der Waals surface area contributed by atoms with E-state index < -0.39 is 15.9 Å². The third-order valence-electron chi connectivity index (χ3n) is 4.19. The fraction of sp³-hybridized carbons (Fsp3) is 0.500. The van der Waals surface area contributed by atoms with Crippen molar-refractivity contribution in [3.8, 4) is 11.4 Å².